The van der Waals surface area contributed by atoms with E-state index in [1.807, 2.05) is 0 Å². The van der Waals surface area contributed by atoms with Crippen LogP contribution in [0.4, 0.5) is 4.39 Å². The molecule has 4 heteroatoms. The Bertz CT molecular complexity index is 358. The van der Waals surface area contributed by atoms with E-state index in [1.165, 1.54) is 12.1 Å². The zero-order valence-corrected chi connectivity index (χ0v) is 11.9. The molecule has 0 unspecified atom stereocenters. The van der Waals surface area contributed by atoms with E-state index in [0.717, 1.165) is 43.7 Å². The topological polar surface area (TPSA) is 30.5 Å². The van der Waals surface area contributed by atoms with Gasteiger partial charge >= 0.3 is 0 Å². The second-order valence-electron chi connectivity index (χ2n) is 4.48. The van der Waals surface area contributed by atoms with Crippen molar-refractivity contribution in [1.82, 2.24) is 5.32 Å². The molecule has 0 aliphatic heterocycles. The molecule has 108 valence electrons. The SMILES string of the molecule is CCCNCc1cc(F)ccc1OCCCCOC. The molecule has 1 N–H and O–H groups in total. The van der Waals surface area contributed by atoms with E-state index in [0.29, 0.717) is 13.2 Å². The maximum absolute atomic E-state index is 13.2. The number of nitrogens with one attached hydrogen (secondary N) is 1. The van der Waals surface area contributed by atoms with Gasteiger partial charge in [0.1, 0.15) is 11.6 Å². The van der Waals surface area contributed by atoms with Gasteiger partial charge in [0, 0.05) is 25.8 Å². The van der Waals surface area contributed by atoms with Gasteiger partial charge in [-0.05, 0) is 44.0 Å². The second-order valence-corrected chi connectivity index (χ2v) is 4.48. The number of methoxy groups -OCH3 is 1. The van der Waals surface area contributed by atoms with Gasteiger partial charge in [-0.3, -0.25) is 0 Å². The Morgan fingerprint density at radius 3 is 2.74 bits per heavy atom. The van der Waals surface area contributed by atoms with Crippen LogP contribution in [0.5, 0.6) is 5.75 Å². The van der Waals surface area contributed by atoms with Crippen LogP contribution >= 0.6 is 0 Å². The van der Waals surface area contributed by atoms with Gasteiger partial charge in [-0.15, -0.1) is 0 Å². The molecule has 0 saturated heterocycles. The fourth-order valence-electron chi connectivity index (χ4n) is 1.76. The first kappa shape index (κ1) is 15.9. The van der Waals surface area contributed by atoms with Crippen LogP contribution in [0.15, 0.2) is 18.2 Å². The van der Waals surface area contributed by atoms with Crippen molar-refractivity contribution >= 4 is 0 Å². The first-order valence-corrected chi connectivity index (χ1v) is 6.88. The Morgan fingerprint density at radius 2 is 2.00 bits per heavy atom. The van der Waals surface area contributed by atoms with Crippen molar-refractivity contribution in [1.29, 1.82) is 0 Å². The fraction of sp³-hybridized carbons (Fsp3) is 0.600. The van der Waals surface area contributed by atoms with Gasteiger partial charge < -0.3 is 14.8 Å². The van der Waals surface area contributed by atoms with Gasteiger partial charge in [0.25, 0.3) is 0 Å². The monoisotopic (exact) mass is 269 g/mol. The summed E-state index contributed by atoms with van der Waals surface area (Å²) in [5, 5.41) is 3.26. The maximum atomic E-state index is 13.2. The fourth-order valence-corrected chi connectivity index (χ4v) is 1.76. The molecule has 0 aliphatic rings. The number of unbranched alkanes of at least 4 members (excludes halogenated alkanes) is 1. The summed E-state index contributed by atoms with van der Waals surface area (Å²) in [7, 11) is 1.69. The smallest absolute Gasteiger partial charge is 0.123 e. The van der Waals surface area contributed by atoms with E-state index in [1.54, 1.807) is 13.2 Å². The molecule has 0 radical (unpaired) electrons. The quantitative estimate of drug-likeness (QED) is 0.662. The lowest BCUT2D eigenvalue weighted by Crippen LogP contribution is -2.15. The summed E-state index contributed by atoms with van der Waals surface area (Å²) in [5.74, 6) is 0.544. The van der Waals surface area contributed by atoms with Crippen molar-refractivity contribution in [2.45, 2.75) is 32.7 Å². The molecule has 0 aliphatic carbocycles. The summed E-state index contributed by atoms with van der Waals surface area (Å²) in [4.78, 5) is 0. The molecule has 1 aromatic carbocycles. The zero-order valence-electron chi connectivity index (χ0n) is 11.9. The predicted molar refractivity (Wildman–Crippen MR) is 75.0 cm³/mol. The van der Waals surface area contributed by atoms with E-state index in [-0.39, 0.29) is 5.82 Å². The maximum Gasteiger partial charge on any atom is 0.123 e. The Hall–Kier alpha value is -1.13. The summed E-state index contributed by atoms with van der Waals surface area (Å²) in [6.45, 7) is 5.04. The molecule has 0 spiro atoms. The first-order chi connectivity index (χ1) is 9.27. The van der Waals surface area contributed by atoms with E-state index in [4.69, 9.17) is 9.47 Å². The van der Waals surface area contributed by atoms with Crippen LogP contribution in [-0.2, 0) is 11.3 Å². The van der Waals surface area contributed by atoms with Gasteiger partial charge in [-0.2, -0.15) is 0 Å². The molecule has 0 amide bonds. The second kappa shape index (κ2) is 9.75. The van der Waals surface area contributed by atoms with E-state index in [2.05, 4.69) is 12.2 Å². The number of hydrogen-bond donors (Lipinski definition) is 1. The number of halogens is 1. The summed E-state index contributed by atoms with van der Waals surface area (Å²) in [5.41, 5.74) is 0.875. The average molecular weight is 269 g/mol. The van der Waals surface area contributed by atoms with Crippen molar-refractivity contribution in [2.24, 2.45) is 0 Å². The molecular formula is C15H24FNO2. The van der Waals surface area contributed by atoms with Gasteiger partial charge in [0.15, 0.2) is 0 Å². The van der Waals surface area contributed by atoms with Crippen LogP contribution in [0.25, 0.3) is 0 Å². The minimum absolute atomic E-state index is 0.222. The van der Waals surface area contributed by atoms with Gasteiger partial charge in [-0.25, -0.2) is 4.39 Å². The number of rotatable bonds is 10. The van der Waals surface area contributed by atoms with Crippen LogP contribution in [0.1, 0.15) is 31.7 Å². The largest absolute Gasteiger partial charge is 0.493 e. The average Bonchev–Trinajstić information content (AvgIpc) is 2.41. The summed E-state index contributed by atoms with van der Waals surface area (Å²) in [6.07, 6.45) is 2.97. The Kier molecular flexibility index (Phi) is 8.18. The Labute approximate surface area is 115 Å². The normalized spacial score (nSPS) is 10.7. The van der Waals surface area contributed by atoms with Gasteiger partial charge in [0.05, 0.1) is 6.61 Å². The highest BCUT2D eigenvalue weighted by Crippen LogP contribution is 2.20. The van der Waals surface area contributed by atoms with Crippen molar-refractivity contribution in [2.75, 3.05) is 26.9 Å². The third-order valence-corrected chi connectivity index (χ3v) is 2.77. The first-order valence-electron chi connectivity index (χ1n) is 6.88. The standard InChI is InChI=1S/C15H24FNO2/c1-3-8-17-12-13-11-14(16)6-7-15(13)19-10-5-4-9-18-2/h6-7,11,17H,3-5,8-10,12H2,1-2H3. The molecular weight excluding hydrogens is 245 g/mol. The molecule has 0 aromatic heterocycles. The highest BCUT2D eigenvalue weighted by molar-refractivity contribution is 5.33. The van der Waals surface area contributed by atoms with Gasteiger partial charge in [0.2, 0.25) is 0 Å². The lowest BCUT2D eigenvalue weighted by Gasteiger charge is -2.12. The predicted octanol–water partition coefficient (Wildman–Crippen LogP) is 3.13. The molecule has 0 fully saturated rings. The van der Waals surface area contributed by atoms with Crippen LogP contribution in [0, 0.1) is 5.82 Å². The van der Waals surface area contributed by atoms with Crippen LogP contribution in [0.3, 0.4) is 0 Å². The molecule has 0 bridgehead atoms. The number of benzene rings is 1. The molecule has 0 atom stereocenters. The summed E-state index contributed by atoms with van der Waals surface area (Å²) >= 11 is 0. The summed E-state index contributed by atoms with van der Waals surface area (Å²) in [6, 6.07) is 4.68. The lowest BCUT2D eigenvalue weighted by atomic mass is 10.2. The molecule has 1 aromatic rings. The molecule has 0 saturated carbocycles. The van der Waals surface area contributed by atoms with E-state index >= 15 is 0 Å². The minimum atomic E-state index is -0.222. The lowest BCUT2D eigenvalue weighted by molar-refractivity contribution is 0.184. The summed E-state index contributed by atoms with van der Waals surface area (Å²) < 4.78 is 23.9. The van der Waals surface area contributed by atoms with Crippen molar-refractivity contribution in [3.63, 3.8) is 0 Å². The third-order valence-electron chi connectivity index (χ3n) is 2.77. The molecule has 3 nitrogen and oxygen atoms in total. The van der Waals surface area contributed by atoms with Crippen LogP contribution in [-0.4, -0.2) is 26.9 Å². The molecule has 19 heavy (non-hydrogen) atoms. The number of ether oxygens (including phenoxy) is 2. The van der Waals surface area contributed by atoms with E-state index < -0.39 is 0 Å². The van der Waals surface area contributed by atoms with Gasteiger partial charge in [-0.1, -0.05) is 6.92 Å². The van der Waals surface area contributed by atoms with Crippen molar-refractivity contribution in [3.05, 3.63) is 29.6 Å². The van der Waals surface area contributed by atoms with E-state index in [9.17, 15) is 4.39 Å². The third kappa shape index (κ3) is 6.55. The van der Waals surface area contributed by atoms with Crippen molar-refractivity contribution in [3.8, 4) is 5.75 Å². The Morgan fingerprint density at radius 1 is 1.21 bits per heavy atom. The van der Waals surface area contributed by atoms with Crippen molar-refractivity contribution < 1.29 is 13.9 Å². The highest BCUT2D eigenvalue weighted by atomic mass is 19.1. The Balaban J connectivity index is 2.45. The highest BCUT2D eigenvalue weighted by Gasteiger charge is 2.05. The van der Waals surface area contributed by atoms with Crippen LogP contribution in [0.2, 0.25) is 0 Å². The minimum Gasteiger partial charge on any atom is -0.493 e. The molecule has 0 heterocycles. The zero-order chi connectivity index (χ0) is 13.9. The molecule has 1 rings (SSSR count). The number of hydrogen-bond acceptors (Lipinski definition) is 3. The van der Waals surface area contributed by atoms with Crippen LogP contribution < -0.4 is 10.1 Å².